The number of carbonyl (C=O) groups is 1. The summed E-state index contributed by atoms with van der Waals surface area (Å²) in [5.41, 5.74) is 3.38. The van der Waals surface area contributed by atoms with Gasteiger partial charge in [0.05, 0.1) is 11.4 Å². The van der Waals surface area contributed by atoms with Gasteiger partial charge in [-0.1, -0.05) is 83.8 Å². The van der Waals surface area contributed by atoms with E-state index in [2.05, 4.69) is 33.0 Å². The second-order valence-corrected chi connectivity index (χ2v) is 8.83. The number of thioether (sulfide) groups is 1. The summed E-state index contributed by atoms with van der Waals surface area (Å²) in [6.07, 6.45) is 0.742. The van der Waals surface area contributed by atoms with E-state index in [0.29, 0.717) is 15.2 Å². The Hall–Kier alpha value is -3.23. The van der Waals surface area contributed by atoms with E-state index in [1.807, 2.05) is 42.5 Å². The Kier molecular flexibility index (Phi) is 6.91. The fourth-order valence-corrected chi connectivity index (χ4v) is 4.49. The van der Waals surface area contributed by atoms with E-state index >= 15 is 0 Å². The third-order valence-electron chi connectivity index (χ3n) is 4.38. The van der Waals surface area contributed by atoms with Crippen LogP contribution in [0, 0.1) is 5.82 Å². The molecule has 0 radical (unpaired) electrons. The molecule has 0 aliphatic heterocycles. The van der Waals surface area contributed by atoms with Crippen molar-refractivity contribution in [3.8, 4) is 0 Å². The number of aromatic nitrogens is 2. The highest BCUT2D eigenvalue weighted by molar-refractivity contribution is 8.01. The quantitative estimate of drug-likeness (QED) is 0.335. The first-order valence-electron chi connectivity index (χ1n) is 9.57. The number of rotatable bonds is 8. The lowest BCUT2D eigenvalue weighted by atomic mass is 10.0. The second kappa shape index (κ2) is 10.2. The molecule has 3 aromatic carbocycles. The van der Waals surface area contributed by atoms with E-state index in [0.717, 1.165) is 17.7 Å². The Morgan fingerprint density at radius 1 is 0.903 bits per heavy atom. The van der Waals surface area contributed by atoms with E-state index in [-0.39, 0.29) is 17.5 Å². The molecular weight excluding hydrogens is 431 g/mol. The number of amides is 1. The first kappa shape index (κ1) is 21.0. The van der Waals surface area contributed by atoms with Crippen LogP contribution in [-0.2, 0) is 11.2 Å². The number of nitrogens with zero attached hydrogens (tertiary/aromatic N) is 2. The number of para-hydroxylation sites is 2. The van der Waals surface area contributed by atoms with E-state index in [9.17, 15) is 9.18 Å². The molecule has 2 N–H and O–H groups in total. The predicted octanol–water partition coefficient (Wildman–Crippen LogP) is 5.74. The highest BCUT2D eigenvalue weighted by atomic mass is 32.2. The molecule has 156 valence electrons. The van der Waals surface area contributed by atoms with Crippen molar-refractivity contribution < 1.29 is 9.18 Å². The minimum Gasteiger partial charge on any atom is -0.328 e. The van der Waals surface area contributed by atoms with Gasteiger partial charge in [-0.05, 0) is 35.7 Å². The number of benzene rings is 3. The predicted molar refractivity (Wildman–Crippen MR) is 125 cm³/mol. The van der Waals surface area contributed by atoms with Gasteiger partial charge in [0.1, 0.15) is 5.82 Å². The fourth-order valence-electron chi connectivity index (χ4n) is 2.92. The van der Waals surface area contributed by atoms with Gasteiger partial charge >= 0.3 is 0 Å². The molecule has 0 bridgehead atoms. The SMILES string of the molecule is O=C(CSc1nnc(Nc2ccccc2F)s1)Nc1ccccc1Cc1ccccc1. The number of halogens is 1. The van der Waals surface area contributed by atoms with Crippen molar-refractivity contribution in [2.24, 2.45) is 0 Å². The van der Waals surface area contributed by atoms with Crippen molar-refractivity contribution in [2.45, 2.75) is 10.8 Å². The van der Waals surface area contributed by atoms with Crippen LogP contribution in [0.25, 0.3) is 0 Å². The van der Waals surface area contributed by atoms with E-state index in [1.165, 1.54) is 34.7 Å². The summed E-state index contributed by atoms with van der Waals surface area (Å²) in [6.45, 7) is 0. The summed E-state index contributed by atoms with van der Waals surface area (Å²) in [7, 11) is 0. The van der Waals surface area contributed by atoms with Gasteiger partial charge in [0.25, 0.3) is 0 Å². The number of anilines is 3. The molecule has 0 atom stereocenters. The Morgan fingerprint density at radius 3 is 2.42 bits per heavy atom. The molecule has 0 spiro atoms. The lowest BCUT2D eigenvalue weighted by Crippen LogP contribution is -2.15. The van der Waals surface area contributed by atoms with Gasteiger partial charge in [-0.25, -0.2) is 4.39 Å². The minimum absolute atomic E-state index is 0.121. The highest BCUT2D eigenvalue weighted by Gasteiger charge is 2.11. The van der Waals surface area contributed by atoms with Crippen molar-refractivity contribution in [1.82, 2.24) is 10.2 Å². The first-order valence-corrected chi connectivity index (χ1v) is 11.4. The standard InChI is InChI=1S/C23H19FN4OS2/c24-18-11-5-7-13-20(18)26-22-27-28-23(31-22)30-15-21(29)25-19-12-6-4-10-17(19)14-16-8-2-1-3-9-16/h1-13H,14-15H2,(H,25,29)(H,26,27). The third kappa shape index (κ3) is 5.90. The Labute approximate surface area is 187 Å². The molecule has 0 unspecified atom stereocenters. The summed E-state index contributed by atoms with van der Waals surface area (Å²) in [4.78, 5) is 12.5. The van der Waals surface area contributed by atoms with Gasteiger partial charge in [-0.15, -0.1) is 10.2 Å². The fraction of sp³-hybridized carbons (Fsp3) is 0.0870. The molecule has 0 aliphatic rings. The molecular formula is C23H19FN4OS2. The van der Waals surface area contributed by atoms with Crippen molar-refractivity contribution in [2.75, 3.05) is 16.4 Å². The van der Waals surface area contributed by atoms with Crippen LogP contribution in [0.1, 0.15) is 11.1 Å². The van der Waals surface area contributed by atoms with Crippen molar-refractivity contribution >= 4 is 45.5 Å². The molecule has 5 nitrogen and oxygen atoms in total. The zero-order valence-electron chi connectivity index (χ0n) is 16.4. The molecule has 31 heavy (non-hydrogen) atoms. The van der Waals surface area contributed by atoms with E-state index < -0.39 is 0 Å². The maximum absolute atomic E-state index is 13.7. The van der Waals surface area contributed by atoms with Crippen LogP contribution in [0.5, 0.6) is 0 Å². The molecule has 0 saturated heterocycles. The highest BCUT2D eigenvalue weighted by Crippen LogP contribution is 2.28. The minimum atomic E-state index is -0.361. The zero-order valence-corrected chi connectivity index (χ0v) is 18.0. The van der Waals surface area contributed by atoms with Gasteiger partial charge in [0.2, 0.25) is 11.0 Å². The monoisotopic (exact) mass is 450 g/mol. The first-order chi connectivity index (χ1) is 15.2. The molecule has 8 heteroatoms. The smallest absolute Gasteiger partial charge is 0.234 e. The molecule has 4 rings (SSSR count). The van der Waals surface area contributed by atoms with Crippen LogP contribution in [-0.4, -0.2) is 21.9 Å². The topological polar surface area (TPSA) is 66.9 Å². The van der Waals surface area contributed by atoms with Gasteiger partial charge in [0, 0.05) is 5.69 Å². The molecule has 4 aromatic rings. The zero-order chi connectivity index (χ0) is 21.5. The average molecular weight is 451 g/mol. The van der Waals surface area contributed by atoms with Crippen molar-refractivity contribution in [3.05, 3.63) is 95.8 Å². The lowest BCUT2D eigenvalue weighted by molar-refractivity contribution is -0.113. The van der Waals surface area contributed by atoms with Crippen molar-refractivity contribution in [1.29, 1.82) is 0 Å². The average Bonchev–Trinajstić information content (AvgIpc) is 3.23. The summed E-state index contributed by atoms with van der Waals surface area (Å²) < 4.78 is 14.4. The van der Waals surface area contributed by atoms with E-state index in [1.54, 1.807) is 18.2 Å². The summed E-state index contributed by atoms with van der Waals surface area (Å²) in [5.74, 6) is -0.279. The Morgan fingerprint density at radius 2 is 1.61 bits per heavy atom. The van der Waals surface area contributed by atoms with E-state index in [4.69, 9.17) is 0 Å². The van der Waals surface area contributed by atoms with Gasteiger partial charge < -0.3 is 10.6 Å². The maximum Gasteiger partial charge on any atom is 0.234 e. The summed E-state index contributed by atoms with van der Waals surface area (Å²) >= 11 is 2.56. The van der Waals surface area contributed by atoms with Crippen LogP contribution in [0.2, 0.25) is 0 Å². The van der Waals surface area contributed by atoms with Crippen LogP contribution >= 0.6 is 23.1 Å². The Bertz CT molecular complexity index is 1170. The van der Waals surface area contributed by atoms with Gasteiger partial charge in [-0.3, -0.25) is 4.79 Å². The normalized spacial score (nSPS) is 10.6. The molecule has 0 saturated carbocycles. The third-order valence-corrected chi connectivity index (χ3v) is 6.35. The van der Waals surface area contributed by atoms with Crippen LogP contribution in [0.15, 0.2) is 83.2 Å². The second-order valence-electron chi connectivity index (χ2n) is 6.63. The van der Waals surface area contributed by atoms with Gasteiger partial charge in [-0.2, -0.15) is 0 Å². The molecule has 0 fully saturated rings. The number of hydrogen-bond acceptors (Lipinski definition) is 6. The maximum atomic E-state index is 13.7. The number of carbonyl (C=O) groups excluding carboxylic acids is 1. The molecule has 0 aliphatic carbocycles. The van der Waals surface area contributed by atoms with Crippen LogP contribution in [0.3, 0.4) is 0 Å². The number of nitrogens with one attached hydrogen (secondary N) is 2. The summed E-state index contributed by atoms with van der Waals surface area (Å²) in [6, 6.07) is 24.3. The summed E-state index contributed by atoms with van der Waals surface area (Å²) in [5, 5.41) is 14.4. The largest absolute Gasteiger partial charge is 0.328 e. The van der Waals surface area contributed by atoms with Gasteiger partial charge in [0.15, 0.2) is 4.34 Å². The number of hydrogen-bond donors (Lipinski definition) is 2. The molecule has 1 amide bonds. The lowest BCUT2D eigenvalue weighted by Gasteiger charge is -2.11. The van der Waals surface area contributed by atoms with Crippen LogP contribution in [0.4, 0.5) is 20.9 Å². The van der Waals surface area contributed by atoms with Crippen LogP contribution < -0.4 is 10.6 Å². The molecule has 1 aromatic heterocycles. The Balaban J connectivity index is 1.33. The molecule has 1 heterocycles. The van der Waals surface area contributed by atoms with Crippen molar-refractivity contribution in [3.63, 3.8) is 0 Å².